The lowest BCUT2D eigenvalue weighted by molar-refractivity contribution is 1.31. The third kappa shape index (κ3) is 2.03. The van der Waals surface area contributed by atoms with Gasteiger partial charge in [0.05, 0.1) is 6.54 Å². The largest absolute Gasteiger partial charge is 0.374 e. The lowest BCUT2D eigenvalue weighted by Crippen LogP contribution is -1.98. The van der Waals surface area contributed by atoms with Crippen molar-refractivity contribution in [1.82, 2.24) is 0 Å². The quantitative estimate of drug-likeness (QED) is 0.653. The van der Waals surface area contributed by atoms with E-state index in [2.05, 4.69) is 37.2 Å². The molecule has 0 amide bonds. The van der Waals surface area contributed by atoms with Crippen molar-refractivity contribution in [3.63, 3.8) is 0 Å². The normalized spacial score (nSPS) is 9.08. The van der Waals surface area contributed by atoms with Gasteiger partial charge in [-0.15, -0.1) is 6.42 Å². The van der Waals surface area contributed by atoms with Crippen LogP contribution in [0.3, 0.4) is 0 Å². The second-order valence-corrected chi connectivity index (χ2v) is 2.86. The maximum Gasteiger partial charge on any atom is 0.0763 e. The van der Waals surface area contributed by atoms with Crippen LogP contribution in [0.15, 0.2) is 18.2 Å². The molecule has 1 heteroatoms. The molecule has 0 saturated carbocycles. The van der Waals surface area contributed by atoms with Crippen LogP contribution in [-0.2, 0) is 0 Å². The minimum atomic E-state index is 0.586. The van der Waals surface area contributed by atoms with E-state index in [-0.39, 0.29) is 0 Å². The van der Waals surface area contributed by atoms with Gasteiger partial charge in [0, 0.05) is 5.69 Å². The Bertz CT molecular complexity index is 307. The summed E-state index contributed by atoms with van der Waals surface area (Å²) in [5.41, 5.74) is 3.69. The summed E-state index contributed by atoms with van der Waals surface area (Å²) in [5, 5.41) is 3.13. The number of hydrogen-bond donors (Lipinski definition) is 1. The minimum Gasteiger partial charge on any atom is -0.374 e. The predicted molar refractivity (Wildman–Crippen MR) is 53.2 cm³/mol. The topological polar surface area (TPSA) is 12.0 Å². The molecule has 0 aliphatic carbocycles. The van der Waals surface area contributed by atoms with Gasteiger partial charge in [-0.2, -0.15) is 0 Å². The molecular weight excluding hydrogens is 146 g/mol. The molecule has 1 N–H and O–H groups in total. The zero-order valence-electron chi connectivity index (χ0n) is 7.52. The van der Waals surface area contributed by atoms with Gasteiger partial charge in [0.1, 0.15) is 0 Å². The number of nitrogens with one attached hydrogen (secondary N) is 1. The van der Waals surface area contributed by atoms with Gasteiger partial charge >= 0.3 is 0 Å². The van der Waals surface area contributed by atoms with Gasteiger partial charge in [-0.25, -0.2) is 0 Å². The van der Waals surface area contributed by atoms with Crippen molar-refractivity contribution in [3.8, 4) is 12.3 Å². The SMILES string of the molecule is C#CCNc1ccc(C)c(C)c1. The van der Waals surface area contributed by atoms with Crippen molar-refractivity contribution in [3.05, 3.63) is 29.3 Å². The molecule has 0 aliphatic rings. The summed E-state index contributed by atoms with van der Waals surface area (Å²) in [6.45, 7) is 4.78. The molecule has 0 atom stereocenters. The second kappa shape index (κ2) is 3.82. The van der Waals surface area contributed by atoms with Crippen LogP contribution >= 0.6 is 0 Å². The highest BCUT2D eigenvalue weighted by molar-refractivity contribution is 5.48. The molecule has 0 bridgehead atoms. The second-order valence-electron chi connectivity index (χ2n) is 2.86. The molecule has 1 aromatic rings. The molecule has 62 valence electrons. The standard InChI is InChI=1S/C11H13N/c1-4-7-12-11-6-5-9(2)10(3)8-11/h1,5-6,8,12H,7H2,2-3H3. The van der Waals surface area contributed by atoms with E-state index in [0.29, 0.717) is 6.54 Å². The van der Waals surface area contributed by atoms with Crippen LogP contribution in [-0.4, -0.2) is 6.54 Å². The average molecular weight is 159 g/mol. The third-order valence-corrected chi connectivity index (χ3v) is 1.90. The zero-order valence-corrected chi connectivity index (χ0v) is 7.52. The fourth-order valence-corrected chi connectivity index (χ4v) is 1.00. The fourth-order valence-electron chi connectivity index (χ4n) is 1.00. The van der Waals surface area contributed by atoms with Gasteiger partial charge in [-0.1, -0.05) is 12.0 Å². The number of aryl methyl sites for hydroxylation is 2. The molecule has 1 rings (SSSR count). The number of benzene rings is 1. The molecule has 0 fully saturated rings. The van der Waals surface area contributed by atoms with E-state index in [9.17, 15) is 0 Å². The molecule has 0 aliphatic heterocycles. The van der Waals surface area contributed by atoms with Crippen LogP contribution in [0.2, 0.25) is 0 Å². The summed E-state index contributed by atoms with van der Waals surface area (Å²) >= 11 is 0. The van der Waals surface area contributed by atoms with E-state index in [4.69, 9.17) is 6.42 Å². The molecule has 0 aromatic heterocycles. The molecule has 0 spiro atoms. The Morgan fingerprint density at radius 1 is 1.33 bits per heavy atom. The Labute approximate surface area is 73.8 Å². The van der Waals surface area contributed by atoms with E-state index < -0.39 is 0 Å². The summed E-state index contributed by atoms with van der Waals surface area (Å²) in [6, 6.07) is 6.24. The first-order valence-corrected chi connectivity index (χ1v) is 3.98. The minimum absolute atomic E-state index is 0.586. The molecule has 1 nitrogen and oxygen atoms in total. The Kier molecular flexibility index (Phi) is 2.76. The van der Waals surface area contributed by atoms with Gasteiger partial charge in [0.2, 0.25) is 0 Å². The number of hydrogen-bond acceptors (Lipinski definition) is 1. The molecule has 1 aromatic carbocycles. The van der Waals surface area contributed by atoms with Crippen molar-refractivity contribution in [2.24, 2.45) is 0 Å². The van der Waals surface area contributed by atoms with E-state index in [1.165, 1.54) is 11.1 Å². The van der Waals surface area contributed by atoms with E-state index in [1.54, 1.807) is 0 Å². The summed E-state index contributed by atoms with van der Waals surface area (Å²) in [4.78, 5) is 0. The van der Waals surface area contributed by atoms with Crippen molar-refractivity contribution < 1.29 is 0 Å². The van der Waals surface area contributed by atoms with Crippen LogP contribution in [0.1, 0.15) is 11.1 Å². The Balaban J connectivity index is 2.77. The number of terminal acetylenes is 1. The van der Waals surface area contributed by atoms with E-state index in [1.807, 2.05) is 6.07 Å². The highest BCUT2D eigenvalue weighted by Gasteiger charge is 1.93. The summed E-state index contributed by atoms with van der Waals surface area (Å²) in [6.07, 6.45) is 5.13. The lowest BCUT2D eigenvalue weighted by atomic mass is 10.1. The van der Waals surface area contributed by atoms with Gasteiger partial charge < -0.3 is 5.32 Å². The number of rotatable bonds is 2. The van der Waals surface area contributed by atoms with E-state index in [0.717, 1.165) is 5.69 Å². The third-order valence-electron chi connectivity index (χ3n) is 1.90. The van der Waals surface area contributed by atoms with Crippen LogP contribution in [0, 0.1) is 26.2 Å². The zero-order chi connectivity index (χ0) is 8.97. The smallest absolute Gasteiger partial charge is 0.0763 e. The molecule has 0 saturated heterocycles. The van der Waals surface area contributed by atoms with Crippen molar-refractivity contribution in [2.75, 3.05) is 11.9 Å². The fraction of sp³-hybridized carbons (Fsp3) is 0.273. The van der Waals surface area contributed by atoms with Gasteiger partial charge in [0.15, 0.2) is 0 Å². The first-order chi connectivity index (χ1) is 5.74. The van der Waals surface area contributed by atoms with Crippen molar-refractivity contribution in [1.29, 1.82) is 0 Å². The molecular formula is C11H13N. The summed E-state index contributed by atoms with van der Waals surface area (Å²) in [7, 11) is 0. The first kappa shape index (κ1) is 8.67. The summed E-state index contributed by atoms with van der Waals surface area (Å²) in [5.74, 6) is 2.54. The van der Waals surface area contributed by atoms with Gasteiger partial charge in [0.25, 0.3) is 0 Å². The van der Waals surface area contributed by atoms with Crippen LogP contribution in [0.25, 0.3) is 0 Å². The molecule has 0 heterocycles. The van der Waals surface area contributed by atoms with Crippen LogP contribution in [0.4, 0.5) is 5.69 Å². The van der Waals surface area contributed by atoms with E-state index >= 15 is 0 Å². The maximum absolute atomic E-state index is 5.13. The Morgan fingerprint density at radius 3 is 2.67 bits per heavy atom. The average Bonchev–Trinajstić information content (AvgIpc) is 2.07. The number of anilines is 1. The predicted octanol–water partition coefficient (Wildman–Crippen LogP) is 2.35. The lowest BCUT2D eigenvalue weighted by Gasteiger charge is -2.05. The van der Waals surface area contributed by atoms with Crippen LogP contribution < -0.4 is 5.32 Å². The van der Waals surface area contributed by atoms with Crippen LogP contribution in [0.5, 0.6) is 0 Å². The Hall–Kier alpha value is -1.42. The Morgan fingerprint density at radius 2 is 2.08 bits per heavy atom. The maximum atomic E-state index is 5.13. The highest BCUT2D eigenvalue weighted by Crippen LogP contribution is 2.13. The molecule has 12 heavy (non-hydrogen) atoms. The monoisotopic (exact) mass is 159 g/mol. The molecule has 0 unspecified atom stereocenters. The van der Waals surface area contributed by atoms with Gasteiger partial charge in [-0.3, -0.25) is 0 Å². The molecule has 0 radical (unpaired) electrons. The van der Waals surface area contributed by atoms with Crippen molar-refractivity contribution in [2.45, 2.75) is 13.8 Å². The first-order valence-electron chi connectivity index (χ1n) is 3.98. The van der Waals surface area contributed by atoms with Gasteiger partial charge in [-0.05, 0) is 37.1 Å². The highest BCUT2D eigenvalue weighted by atomic mass is 14.8. The van der Waals surface area contributed by atoms with Crippen molar-refractivity contribution >= 4 is 5.69 Å². The summed E-state index contributed by atoms with van der Waals surface area (Å²) < 4.78 is 0.